The van der Waals surface area contributed by atoms with Gasteiger partial charge in [-0.15, -0.1) is 0 Å². The highest BCUT2D eigenvalue weighted by Crippen LogP contribution is 2.09. The topological polar surface area (TPSA) is 45.2 Å². The highest BCUT2D eigenvalue weighted by atomic mass is 35.5. The summed E-state index contributed by atoms with van der Waals surface area (Å²) in [5.41, 5.74) is 0. The molecule has 1 aromatic rings. The molecule has 15 heavy (non-hydrogen) atoms. The standard InChI is InChI=1S/C10H14ClN3O/c1-14(2)7-6-10(15)13-9-5-3-4-8(11)12-9/h3-5H,6-7H2,1-2H3,(H,12,13,15). The van der Waals surface area contributed by atoms with Crippen LogP contribution < -0.4 is 5.32 Å². The van der Waals surface area contributed by atoms with Crippen LogP contribution in [0.3, 0.4) is 0 Å². The van der Waals surface area contributed by atoms with E-state index in [2.05, 4.69) is 10.3 Å². The molecule has 1 heterocycles. The molecule has 82 valence electrons. The van der Waals surface area contributed by atoms with E-state index in [1.807, 2.05) is 19.0 Å². The summed E-state index contributed by atoms with van der Waals surface area (Å²) in [5.74, 6) is 0.435. The van der Waals surface area contributed by atoms with Crippen molar-refractivity contribution in [3.8, 4) is 0 Å². The van der Waals surface area contributed by atoms with Gasteiger partial charge in [-0.3, -0.25) is 4.79 Å². The number of rotatable bonds is 4. The Kier molecular flexibility index (Phi) is 4.52. The summed E-state index contributed by atoms with van der Waals surface area (Å²) in [5, 5.41) is 3.05. The summed E-state index contributed by atoms with van der Waals surface area (Å²) in [6.45, 7) is 0.715. The molecule has 4 nitrogen and oxygen atoms in total. The summed E-state index contributed by atoms with van der Waals surface area (Å²) in [6, 6.07) is 5.12. The summed E-state index contributed by atoms with van der Waals surface area (Å²) in [7, 11) is 3.84. The lowest BCUT2D eigenvalue weighted by molar-refractivity contribution is -0.116. The van der Waals surface area contributed by atoms with Crippen molar-refractivity contribution in [1.82, 2.24) is 9.88 Å². The Morgan fingerprint density at radius 2 is 2.27 bits per heavy atom. The molecule has 1 aromatic heterocycles. The van der Waals surface area contributed by atoms with Crippen molar-refractivity contribution >= 4 is 23.3 Å². The Labute approximate surface area is 94.3 Å². The third kappa shape index (κ3) is 4.76. The van der Waals surface area contributed by atoms with Crippen molar-refractivity contribution in [2.75, 3.05) is 26.0 Å². The average molecular weight is 228 g/mol. The predicted octanol–water partition coefficient (Wildman–Crippen LogP) is 1.63. The van der Waals surface area contributed by atoms with Crippen LogP contribution in [-0.2, 0) is 4.79 Å². The lowest BCUT2D eigenvalue weighted by atomic mass is 10.3. The van der Waals surface area contributed by atoms with Crippen LogP contribution in [0.25, 0.3) is 0 Å². The third-order valence-electron chi connectivity index (χ3n) is 1.77. The van der Waals surface area contributed by atoms with Gasteiger partial charge >= 0.3 is 0 Å². The molecule has 0 saturated heterocycles. The molecule has 0 unspecified atom stereocenters. The van der Waals surface area contributed by atoms with Gasteiger partial charge in [0.05, 0.1) is 0 Å². The van der Waals surface area contributed by atoms with Gasteiger partial charge in [-0.2, -0.15) is 0 Å². The van der Waals surface area contributed by atoms with Gasteiger partial charge < -0.3 is 10.2 Å². The van der Waals surface area contributed by atoms with Crippen LogP contribution in [0.2, 0.25) is 5.15 Å². The molecule has 0 spiro atoms. The number of aromatic nitrogens is 1. The summed E-state index contributed by atoms with van der Waals surface area (Å²) < 4.78 is 0. The van der Waals surface area contributed by atoms with E-state index < -0.39 is 0 Å². The number of hydrogen-bond acceptors (Lipinski definition) is 3. The van der Waals surface area contributed by atoms with Crippen LogP contribution in [0.15, 0.2) is 18.2 Å². The van der Waals surface area contributed by atoms with Crippen LogP contribution in [0, 0.1) is 0 Å². The summed E-state index contributed by atoms with van der Waals surface area (Å²) in [4.78, 5) is 17.3. The summed E-state index contributed by atoms with van der Waals surface area (Å²) in [6.07, 6.45) is 0.446. The zero-order valence-electron chi connectivity index (χ0n) is 8.83. The molecule has 0 saturated carbocycles. The first-order valence-electron chi connectivity index (χ1n) is 4.65. The van der Waals surface area contributed by atoms with Crippen molar-refractivity contribution in [1.29, 1.82) is 0 Å². The van der Waals surface area contributed by atoms with Crippen LogP contribution in [0.5, 0.6) is 0 Å². The van der Waals surface area contributed by atoms with Crippen LogP contribution >= 0.6 is 11.6 Å². The minimum atomic E-state index is -0.0570. The number of nitrogens with zero attached hydrogens (tertiary/aromatic N) is 2. The van der Waals surface area contributed by atoms with Gasteiger partial charge in [0.15, 0.2) is 0 Å². The maximum atomic E-state index is 11.4. The van der Waals surface area contributed by atoms with Gasteiger partial charge in [0.2, 0.25) is 5.91 Å². The van der Waals surface area contributed by atoms with Gasteiger partial charge in [0, 0.05) is 13.0 Å². The Morgan fingerprint density at radius 3 is 2.87 bits per heavy atom. The number of pyridine rings is 1. The van der Waals surface area contributed by atoms with Gasteiger partial charge in [-0.05, 0) is 26.2 Å². The van der Waals surface area contributed by atoms with Crippen molar-refractivity contribution in [3.05, 3.63) is 23.4 Å². The quantitative estimate of drug-likeness (QED) is 0.796. The van der Waals surface area contributed by atoms with E-state index in [1.54, 1.807) is 18.2 Å². The van der Waals surface area contributed by atoms with Gasteiger partial charge in [0.1, 0.15) is 11.0 Å². The molecule has 0 aromatic carbocycles. The van der Waals surface area contributed by atoms with E-state index in [1.165, 1.54) is 0 Å². The van der Waals surface area contributed by atoms with Crippen LogP contribution in [-0.4, -0.2) is 36.4 Å². The number of halogens is 1. The fourth-order valence-electron chi connectivity index (χ4n) is 1.01. The molecule has 0 bridgehead atoms. The molecule has 0 fully saturated rings. The first kappa shape index (κ1) is 11.9. The van der Waals surface area contributed by atoms with Crippen molar-refractivity contribution in [3.63, 3.8) is 0 Å². The number of anilines is 1. The lowest BCUT2D eigenvalue weighted by Crippen LogP contribution is -2.21. The molecule has 0 aliphatic carbocycles. The van der Waals surface area contributed by atoms with Gasteiger partial charge in [0.25, 0.3) is 0 Å². The Morgan fingerprint density at radius 1 is 1.53 bits per heavy atom. The minimum absolute atomic E-state index is 0.0570. The van der Waals surface area contributed by atoms with Crippen molar-refractivity contribution < 1.29 is 4.79 Å². The highest BCUT2D eigenvalue weighted by Gasteiger charge is 2.03. The van der Waals surface area contributed by atoms with Gasteiger partial charge in [-0.1, -0.05) is 17.7 Å². The fourth-order valence-corrected chi connectivity index (χ4v) is 1.17. The predicted molar refractivity (Wildman–Crippen MR) is 61.0 cm³/mol. The van der Waals surface area contributed by atoms with Crippen LogP contribution in [0.1, 0.15) is 6.42 Å². The maximum Gasteiger partial charge on any atom is 0.226 e. The lowest BCUT2D eigenvalue weighted by Gasteiger charge is -2.09. The molecule has 1 amide bonds. The zero-order valence-corrected chi connectivity index (χ0v) is 9.58. The maximum absolute atomic E-state index is 11.4. The van der Waals surface area contributed by atoms with Crippen molar-refractivity contribution in [2.45, 2.75) is 6.42 Å². The molecule has 0 aliphatic heterocycles. The fraction of sp³-hybridized carbons (Fsp3) is 0.400. The Balaban J connectivity index is 2.44. The van der Waals surface area contributed by atoms with E-state index in [-0.39, 0.29) is 5.91 Å². The third-order valence-corrected chi connectivity index (χ3v) is 1.98. The molecule has 1 rings (SSSR count). The Hall–Kier alpha value is -1.13. The SMILES string of the molecule is CN(C)CCC(=O)Nc1cccc(Cl)n1. The number of nitrogens with one attached hydrogen (secondary N) is 1. The minimum Gasteiger partial charge on any atom is -0.311 e. The highest BCUT2D eigenvalue weighted by molar-refractivity contribution is 6.29. The smallest absolute Gasteiger partial charge is 0.226 e. The first-order chi connectivity index (χ1) is 7.08. The molecule has 0 aliphatic rings. The zero-order chi connectivity index (χ0) is 11.3. The van der Waals surface area contributed by atoms with Crippen molar-refractivity contribution in [2.24, 2.45) is 0 Å². The van der Waals surface area contributed by atoms with Crippen LogP contribution in [0.4, 0.5) is 5.82 Å². The van der Waals surface area contributed by atoms with E-state index in [0.717, 1.165) is 0 Å². The summed E-state index contributed by atoms with van der Waals surface area (Å²) >= 11 is 5.69. The molecule has 5 heteroatoms. The number of hydrogen-bond donors (Lipinski definition) is 1. The number of amides is 1. The number of carbonyl (C=O) groups excluding carboxylic acids is 1. The molecular formula is C10H14ClN3O. The van der Waals surface area contributed by atoms with E-state index in [0.29, 0.717) is 23.9 Å². The number of carbonyl (C=O) groups is 1. The molecule has 1 N–H and O–H groups in total. The normalized spacial score (nSPS) is 10.4. The largest absolute Gasteiger partial charge is 0.311 e. The van der Waals surface area contributed by atoms with E-state index in [9.17, 15) is 4.79 Å². The second-order valence-corrected chi connectivity index (χ2v) is 3.83. The van der Waals surface area contributed by atoms with E-state index in [4.69, 9.17) is 11.6 Å². The van der Waals surface area contributed by atoms with Gasteiger partial charge in [-0.25, -0.2) is 4.98 Å². The monoisotopic (exact) mass is 227 g/mol. The Bertz CT molecular complexity index is 341. The first-order valence-corrected chi connectivity index (χ1v) is 5.03. The molecular weight excluding hydrogens is 214 g/mol. The molecule has 0 radical (unpaired) electrons. The van der Waals surface area contributed by atoms with E-state index >= 15 is 0 Å². The average Bonchev–Trinajstić information content (AvgIpc) is 2.15. The molecule has 0 atom stereocenters. The second-order valence-electron chi connectivity index (χ2n) is 3.45. The second kappa shape index (κ2) is 5.68.